The van der Waals surface area contributed by atoms with Crippen molar-refractivity contribution in [3.8, 4) is 0 Å². The molecule has 2 amide bonds. The normalized spacial score (nSPS) is 19.9. The summed E-state index contributed by atoms with van der Waals surface area (Å²) in [6, 6.07) is 0.0674. The summed E-state index contributed by atoms with van der Waals surface area (Å²) in [4.78, 5) is 16.0. The van der Waals surface area contributed by atoms with E-state index in [1.165, 1.54) is 0 Å². The van der Waals surface area contributed by atoms with Crippen LogP contribution in [0.5, 0.6) is 0 Å². The van der Waals surface area contributed by atoms with Gasteiger partial charge in [0.1, 0.15) is 0 Å². The Morgan fingerprint density at radius 1 is 1.13 bits per heavy atom. The number of urea groups is 1. The Kier molecular flexibility index (Phi) is 3.97. The summed E-state index contributed by atoms with van der Waals surface area (Å²) >= 11 is 0. The number of carbonyl (C=O) groups is 1. The third-order valence-corrected chi connectivity index (χ3v) is 2.49. The van der Waals surface area contributed by atoms with Crippen molar-refractivity contribution in [2.24, 2.45) is 0 Å². The van der Waals surface area contributed by atoms with Crippen LogP contribution in [0.15, 0.2) is 0 Å². The van der Waals surface area contributed by atoms with Crippen molar-refractivity contribution in [3.63, 3.8) is 0 Å². The van der Waals surface area contributed by atoms with Gasteiger partial charge in [0.2, 0.25) is 0 Å². The van der Waals surface area contributed by atoms with Gasteiger partial charge in [0.05, 0.1) is 0 Å². The van der Waals surface area contributed by atoms with Gasteiger partial charge in [-0.05, 0) is 40.8 Å². The molecule has 4 heteroatoms. The molecule has 1 heterocycles. The van der Waals surface area contributed by atoms with Crippen molar-refractivity contribution < 1.29 is 4.79 Å². The number of nitrogens with one attached hydrogen (secondary N) is 1. The molecule has 0 atom stereocenters. The Hall–Kier alpha value is -0.770. The first-order valence-corrected chi connectivity index (χ1v) is 5.64. The van der Waals surface area contributed by atoms with Crippen LogP contribution in [0.25, 0.3) is 0 Å². The largest absolute Gasteiger partial charge is 0.333 e. The first-order valence-electron chi connectivity index (χ1n) is 5.64. The Morgan fingerprint density at radius 2 is 1.80 bits per heavy atom. The van der Waals surface area contributed by atoms with Gasteiger partial charge in [-0.15, -0.1) is 0 Å². The molecule has 0 aromatic carbocycles. The lowest BCUT2D eigenvalue weighted by molar-refractivity contribution is 0.190. The van der Waals surface area contributed by atoms with E-state index in [9.17, 15) is 4.79 Å². The van der Waals surface area contributed by atoms with Gasteiger partial charge < -0.3 is 15.1 Å². The van der Waals surface area contributed by atoms with Crippen LogP contribution in [0, 0.1) is 0 Å². The molecule has 1 N–H and O–H groups in total. The smallest absolute Gasteiger partial charge is 0.317 e. The standard InChI is InChI=1S/C11H23N3O/c1-11(2,3)12-10(15)14-7-5-6-13(4)8-9-14/h5-9H2,1-4H3,(H,12,15). The molecule has 88 valence electrons. The molecule has 0 aliphatic carbocycles. The van der Waals surface area contributed by atoms with E-state index < -0.39 is 0 Å². The Balaban J connectivity index is 2.45. The molecule has 0 spiro atoms. The van der Waals surface area contributed by atoms with E-state index in [1.807, 2.05) is 25.7 Å². The van der Waals surface area contributed by atoms with Gasteiger partial charge in [0.15, 0.2) is 0 Å². The number of hydrogen-bond acceptors (Lipinski definition) is 2. The van der Waals surface area contributed by atoms with E-state index in [4.69, 9.17) is 0 Å². The Labute approximate surface area is 92.6 Å². The molecule has 0 saturated carbocycles. The van der Waals surface area contributed by atoms with Crippen LogP contribution >= 0.6 is 0 Å². The first-order chi connectivity index (χ1) is 6.88. The summed E-state index contributed by atoms with van der Waals surface area (Å²) in [5.74, 6) is 0. The zero-order valence-electron chi connectivity index (χ0n) is 10.3. The Bertz CT molecular complexity index is 222. The summed E-state index contributed by atoms with van der Waals surface area (Å²) in [5.41, 5.74) is -0.144. The molecule has 0 radical (unpaired) electrons. The van der Waals surface area contributed by atoms with Crippen molar-refractivity contribution in [2.45, 2.75) is 32.7 Å². The average molecular weight is 213 g/mol. The maximum Gasteiger partial charge on any atom is 0.317 e. The van der Waals surface area contributed by atoms with Crippen LogP contribution in [0.4, 0.5) is 4.79 Å². The minimum atomic E-state index is -0.144. The molecule has 0 aromatic rings. The van der Waals surface area contributed by atoms with Crippen molar-refractivity contribution in [1.29, 1.82) is 0 Å². The lowest BCUT2D eigenvalue weighted by atomic mass is 10.1. The Morgan fingerprint density at radius 3 is 2.40 bits per heavy atom. The molecule has 0 bridgehead atoms. The van der Waals surface area contributed by atoms with Crippen LogP contribution < -0.4 is 5.32 Å². The lowest BCUT2D eigenvalue weighted by Gasteiger charge is -2.27. The summed E-state index contributed by atoms with van der Waals surface area (Å²) in [6.45, 7) is 9.78. The van der Waals surface area contributed by atoms with Crippen molar-refractivity contribution in [3.05, 3.63) is 0 Å². The predicted molar refractivity (Wildman–Crippen MR) is 62.0 cm³/mol. The quantitative estimate of drug-likeness (QED) is 0.655. The topological polar surface area (TPSA) is 35.6 Å². The van der Waals surface area contributed by atoms with E-state index in [-0.39, 0.29) is 11.6 Å². The second-order valence-corrected chi connectivity index (χ2v) is 5.32. The monoisotopic (exact) mass is 213 g/mol. The van der Waals surface area contributed by atoms with Gasteiger partial charge in [0.25, 0.3) is 0 Å². The summed E-state index contributed by atoms with van der Waals surface area (Å²) in [6.07, 6.45) is 1.06. The van der Waals surface area contributed by atoms with E-state index in [2.05, 4.69) is 17.3 Å². The van der Waals surface area contributed by atoms with E-state index in [1.54, 1.807) is 0 Å². The van der Waals surface area contributed by atoms with Crippen molar-refractivity contribution >= 4 is 6.03 Å². The molecule has 1 rings (SSSR count). The zero-order chi connectivity index (χ0) is 11.5. The highest BCUT2D eigenvalue weighted by atomic mass is 16.2. The minimum absolute atomic E-state index is 0.0674. The second kappa shape index (κ2) is 4.84. The fourth-order valence-corrected chi connectivity index (χ4v) is 1.65. The maximum atomic E-state index is 11.9. The van der Waals surface area contributed by atoms with Crippen molar-refractivity contribution in [2.75, 3.05) is 33.2 Å². The lowest BCUT2D eigenvalue weighted by Crippen LogP contribution is -2.49. The maximum absolute atomic E-state index is 11.9. The highest BCUT2D eigenvalue weighted by Gasteiger charge is 2.21. The minimum Gasteiger partial charge on any atom is -0.333 e. The van der Waals surface area contributed by atoms with E-state index in [0.717, 1.165) is 32.6 Å². The highest BCUT2D eigenvalue weighted by Crippen LogP contribution is 2.04. The molecule has 1 fully saturated rings. The van der Waals surface area contributed by atoms with Crippen LogP contribution in [-0.4, -0.2) is 54.6 Å². The molecule has 0 unspecified atom stereocenters. The molecule has 1 aliphatic heterocycles. The molecular weight excluding hydrogens is 190 g/mol. The molecule has 4 nitrogen and oxygen atoms in total. The number of rotatable bonds is 0. The summed E-state index contributed by atoms with van der Waals surface area (Å²) in [5, 5.41) is 3.00. The zero-order valence-corrected chi connectivity index (χ0v) is 10.3. The summed E-state index contributed by atoms with van der Waals surface area (Å²) in [7, 11) is 2.10. The van der Waals surface area contributed by atoms with Gasteiger partial charge in [-0.3, -0.25) is 0 Å². The van der Waals surface area contributed by atoms with Crippen LogP contribution in [-0.2, 0) is 0 Å². The number of hydrogen-bond donors (Lipinski definition) is 1. The fraction of sp³-hybridized carbons (Fsp3) is 0.909. The van der Waals surface area contributed by atoms with Crippen molar-refractivity contribution in [1.82, 2.24) is 15.1 Å². The van der Waals surface area contributed by atoms with E-state index >= 15 is 0 Å². The summed E-state index contributed by atoms with van der Waals surface area (Å²) < 4.78 is 0. The average Bonchev–Trinajstić information content (AvgIpc) is 2.26. The molecule has 15 heavy (non-hydrogen) atoms. The second-order valence-electron chi connectivity index (χ2n) is 5.32. The molecule has 0 aromatic heterocycles. The third-order valence-electron chi connectivity index (χ3n) is 2.49. The van der Waals surface area contributed by atoms with Gasteiger partial charge in [-0.2, -0.15) is 0 Å². The van der Waals surface area contributed by atoms with Crippen LogP contribution in [0.2, 0.25) is 0 Å². The van der Waals surface area contributed by atoms with Gasteiger partial charge in [0, 0.05) is 25.2 Å². The van der Waals surface area contributed by atoms with Crippen LogP contribution in [0.1, 0.15) is 27.2 Å². The SMILES string of the molecule is CN1CCCN(C(=O)NC(C)(C)C)CC1. The molecule has 1 saturated heterocycles. The molecular formula is C11H23N3O. The first kappa shape index (κ1) is 12.3. The number of likely N-dealkylation sites (N-methyl/N-ethyl adjacent to an activating group) is 1. The fourth-order valence-electron chi connectivity index (χ4n) is 1.65. The number of nitrogens with zero attached hydrogens (tertiary/aromatic N) is 2. The predicted octanol–water partition coefficient (Wildman–Crippen LogP) is 1.13. The number of carbonyl (C=O) groups excluding carboxylic acids is 1. The third kappa shape index (κ3) is 4.51. The van der Waals surface area contributed by atoms with Gasteiger partial charge >= 0.3 is 6.03 Å². The number of amides is 2. The van der Waals surface area contributed by atoms with E-state index in [0.29, 0.717) is 0 Å². The van der Waals surface area contributed by atoms with Gasteiger partial charge in [-0.1, -0.05) is 0 Å². The van der Waals surface area contributed by atoms with Gasteiger partial charge in [-0.25, -0.2) is 4.79 Å². The molecule has 1 aliphatic rings. The highest BCUT2D eigenvalue weighted by molar-refractivity contribution is 5.74. The van der Waals surface area contributed by atoms with Crippen LogP contribution in [0.3, 0.4) is 0 Å².